The zero-order valence-corrected chi connectivity index (χ0v) is 10.8. The first-order valence-corrected chi connectivity index (χ1v) is 6.29. The highest BCUT2D eigenvalue weighted by Crippen LogP contribution is 2.14. The van der Waals surface area contributed by atoms with Gasteiger partial charge in [0.25, 0.3) is 0 Å². The standard InChI is InChI=1S/C16H19NO/c1-18-16-10-6-8-15(14-16)9-7-13-17-11-4-2-3-5-12-17/h2-6,8,10-12,14H,7,9,13H2,1H3. The summed E-state index contributed by atoms with van der Waals surface area (Å²) in [6.07, 6.45) is 14.6. The summed E-state index contributed by atoms with van der Waals surface area (Å²) < 4.78 is 5.23. The van der Waals surface area contributed by atoms with Crippen LogP contribution in [0.3, 0.4) is 0 Å². The summed E-state index contributed by atoms with van der Waals surface area (Å²) >= 11 is 0. The second-order valence-electron chi connectivity index (χ2n) is 4.26. The number of rotatable bonds is 5. The van der Waals surface area contributed by atoms with Crippen molar-refractivity contribution in [3.8, 4) is 5.75 Å². The maximum Gasteiger partial charge on any atom is 0.119 e. The highest BCUT2D eigenvalue weighted by molar-refractivity contribution is 5.28. The molecule has 0 aromatic heterocycles. The minimum atomic E-state index is 0.936. The van der Waals surface area contributed by atoms with Crippen LogP contribution in [-0.2, 0) is 6.42 Å². The van der Waals surface area contributed by atoms with E-state index in [1.807, 2.05) is 24.3 Å². The Morgan fingerprint density at radius 1 is 1.06 bits per heavy atom. The average Bonchev–Trinajstić information content (AvgIpc) is 2.68. The molecule has 2 rings (SSSR count). The third-order valence-electron chi connectivity index (χ3n) is 2.90. The lowest BCUT2D eigenvalue weighted by Gasteiger charge is -2.14. The number of benzene rings is 1. The van der Waals surface area contributed by atoms with E-state index >= 15 is 0 Å². The van der Waals surface area contributed by atoms with E-state index in [-0.39, 0.29) is 0 Å². The number of allylic oxidation sites excluding steroid dienone is 4. The third kappa shape index (κ3) is 3.81. The summed E-state index contributed by atoms with van der Waals surface area (Å²) in [4.78, 5) is 2.21. The fraction of sp³-hybridized carbons (Fsp3) is 0.250. The van der Waals surface area contributed by atoms with Gasteiger partial charge in [-0.1, -0.05) is 24.3 Å². The quantitative estimate of drug-likeness (QED) is 0.782. The number of hydrogen-bond donors (Lipinski definition) is 0. The lowest BCUT2D eigenvalue weighted by Crippen LogP contribution is -2.11. The van der Waals surface area contributed by atoms with Gasteiger partial charge in [-0.2, -0.15) is 0 Å². The Labute approximate surface area is 109 Å². The normalized spacial score (nSPS) is 13.7. The van der Waals surface area contributed by atoms with E-state index in [0.717, 1.165) is 25.1 Å². The molecule has 0 radical (unpaired) electrons. The van der Waals surface area contributed by atoms with Crippen LogP contribution < -0.4 is 4.74 Å². The van der Waals surface area contributed by atoms with Crippen molar-refractivity contribution in [2.24, 2.45) is 0 Å². The molecule has 0 saturated heterocycles. The van der Waals surface area contributed by atoms with E-state index in [4.69, 9.17) is 4.74 Å². The second-order valence-corrected chi connectivity index (χ2v) is 4.26. The number of aryl methyl sites for hydroxylation is 1. The van der Waals surface area contributed by atoms with Gasteiger partial charge >= 0.3 is 0 Å². The summed E-state index contributed by atoms with van der Waals surface area (Å²) in [6.45, 7) is 1.03. The number of nitrogens with zero attached hydrogens (tertiary/aromatic N) is 1. The maximum atomic E-state index is 5.23. The molecule has 94 valence electrons. The van der Waals surface area contributed by atoms with Crippen molar-refractivity contribution >= 4 is 0 Å². The molecule has 1 aliphatic rings. The summed E-state index contributed by atoms with van der Waals surface area (Å²) in [7, 11) is 1.71. The fourth-order valence-electron chi connectivity index (χ4n) is 1.94. The van der Waals surface area contributed by atoms with Crippen molar-refractivity contribution in [1.82, 2.24) is 4.90 Å². The molecule has 0 bridgehead atoms. The molecular formula is C16H19NO. The topological polar surface area (TPSA) is 12.5 Å². The van der Waals surface area contributed by atoms with E-state index in [1.165, 1.54) is 5.56 Å². The van der Waals surface area contributed by atoms with Gasteiger partial charge in [0.1, 0.15) is 5.75 Å². The summed E-state index contributed by atoms with van der Waals surface area (Å²) in [5, 5.41) is 0. The first kappa shape index (κ1) is 12.5. The Balaban J connectivity index is 1.81. The molecule has 0 aliphatic carbocycles. The Hall–Kier alpha value is -1.96. The predicted molar refractivity (Wildman–Crippen MR) is 75.4 cm³/mol. The van der Waals surface area contributed by atoms with Crippen LogP contribution >= 0.6 is 0 Å². The molecule has 2 heteroatoms. The van der Waals surface area contributed by atoms with Gasteiger partial charge in [0, 0.05) is 18.9 Å². The SMILES string of the molecule is COc1cccc(CCCN2C=CC=CC=C2)c1. The van der Waals surface area contributed by atoms with E-state index in [9.17, 15) is 0 Å². The van der Waals surface area contributed by atoms with Crippen molar-refractivity contribution in [3.05, 3.63) is 66.5 Å². The van der Waals surface area contributed by atoms with Gasteiger partial charge in [0.15, 0.2) is 0 Å². The van der Waals surface area contributed by atoms with Crippen LogP contribution in [0.2, 0.25) is 0 Å². The minimum Gasteiger partial charge on any atom is -0.497 e. The molecule has 0 N–H and O–H groups in total. The Kier molecular flexibility index (Phi) is 4.65. The fourth-order valence-corrected chi connectivity index (χ4v) is 1.94. The summed E-state index contributed by atoms with van der Waals surface area (Å²) in [6, 6.07) is 8.28. The lowest BCUT2D eigenvalue weighted by atomic mass is 10.1. The number of ether oxygens (including phenoxy) is 1. The van der Waals surface area contributed by atoms with Crippen molar-refractivity contribution in [2.45, 2.75) is 12.8 Å². The molecule has 0 atom stereocenters. The van der Waals surface area contributed by atoms with Gasteiger partial charge in [-0.3, -0.25) is 0 Å². The van der Waals surface area contributed by atoms with Gasteiger partial charge < -0.3 is 9.64 Å². The largest absolute Gasteiger partial charge is 0.497 e. The Morgan fingerprint density at radius 3 is 2.56 bits per heavy atom. The van der Waals surface area contributed by atoms with Crippen LogP contribution in [0, 0.1) is 0 Å². The smallest absolute Gasteiger partial charge is 0.119 e. The first-order chi connectivity index (χ1) is 8.88. The molecular weight excluding hydrogens is 222 g/mol. The van der Waals surface area contributed by atoms with Crippen LogP contribution in [0.25, 0.3) is 0 Å². The molecule has 0 amide bonds. The van der Waals surface area contributed by atoms with Crippen molar-refractivity contribution in [1.29, 1.82) is 0 Å². The van der Waals surface area contributed by atoms with Crippen molar-refractivity contribution < 1.29 is 4.74 Å². The van der Waals surface area contributed by atoms with Crippen molar-refractivity contribution in [2.75, 3.05) is 13.7 Å². The van der Waals surface area contributed by atoms with Gasteiger partial charge in [0.2, 0.25) is 0 Å². The average molecular weight is 241 g/mol. The highest BCUT2D eigenvalue weighted by atomic mass is 16.5. The zero-order chi connectivity index (χ0) is 12.6. The third-order valence-corrected chi connectivity index (χ3v) is 2.90. The van der Waals surface area contributed by atoms with Gasteiger partial charge in [0.05, 0.1) is 7.11 Å². The van der Waals surface area contributed by atoms with E-state index in [1.54, 1.807) is 7.11 Å². The molecule has 1 aliphatic heterocycles. The molecule has 1 aromatic rings. The molecule has 0 unspecified atom stereocenters. The lowest BCUT2D eigenvalue weighted by molar-refractivity contribution is 0.414. The number of hydrogen-bond acceptors (Lipinski definition) is 2. The maximum absolute atomic E-state index is 5.23. The van der Waals surface area contributed by atoms with E-state index in [2.05, 4.69) is 41.6 Å². The Morgan fingerprint density at radius 2 is 1.83 bits per heavy atom. The Bertz CT molecular complexity index is 444. The summed E-state index contributed by atoms with van der Waals surface area (Å²) in [5.41, 5.74) is 1.33. The molecule has 2 nitrogen and oxygen atoms in total. The van der Waals surface area contributed by atoms with Gasteiger partial charge in [-0.25, -0.2) is 0 Å². The monoisotopic (exact) mass is 241 g/mol. The zero-order valence-electron chi connectivity index (χ0n) is 10.8. The molecule has 0 saturated carbocycles. The molecule has 0 fully saturated rings. The van der Waals surface area contributed by atoms with Crippen molar-refractivity contribution in [3.63, 3.8) is 0 Å². The molecule has 0 spiro atoms. The predicted octanol–water partition coefficient (Wildman–Crippen LogP) is 3.53. The first-order valence-electron chi connectivity index (χ1n) is 6.29. The minimum absolute atomic E-state index is 0.936. The second kappa shape index (κ2) is 6.70. The van der Waals surface area contributed by atoms with Crippen LogP contribution in [0.4, 0.5) is 0 Å². The van der Waals surface area contributed by atoms with Crippen LogP contribution in [-0.4, -0.2) is 18.6 Å². The van der Waals surface area contributed by atoms with Crippen LogP contribution in [0.15, 0.2) is 61.0 Å². The summed E-state index contributed by atoms with van der Waals surface area (Å²) in [5.74, 6) is 0.936. The number of methoxy groups -OCH3 is 1. The van der Waals surface area contributed by atoms with Crippen LogP contribution in [0.5, 0.6) is 5.75 Å². The van der Waals surface area contributed by atoms with E-state index in [0.29, 0.717) is 0 Å². The van der Waals surface area contributed by atoms with E-state index < -0.39 is 0 Å². The molecule has 18 heavy (non-hydrogen) atoms. The van der Waals surface area contributed by atoms with Gasteiger partial charge in [-0.05, 0) is 42.7 Å². The highest BCUT2D eigenvalue weighted by Gasteiger charge is 1.99. The molecule has 1 heterocycles. The van der Waals surface area contributed by atoms with Crippen LogP contribution in [0.1, 0.15) is 12.0 Å². The molecule has 1 aromatic carbocycles. The van der Waals surface area contributed by atoms with Gasteiger partial charge in [-0.15, -0.1) is 0 Å².